The molecule has 1 aliphatic rings. The Morgan fingerprint density at radius 1 is 1.42 bits per heavy atom. The average molecular weight is 274 g/mol. The molecular weight excluding hydrogens is 260 g/mol. The average Bonchev–Trinajstić information content (AvgIpc) is 3.01. The Hall–Kier alpha value is -1.81. The number of ether oxygens (including phenoxy) is 2. The van der Waals surface area contributed by atoms with Gasteiger partial charge in [-0.2, -0.15) is 0 Å². The molecule has 2 heterocycles. The molecule has 3 nitrogen and oxygen atoms in total. The summed E-state index contributed by atoms with van der Waals surface area (Å²) in [5.41, 5.74) is 1.80. The molecule has 0 aliphatic carbocycles. The molecule has 1 aromatic carbocycles. The molecule has 1 atom stereocenters. The van der Waals surface area contributed by atoms with E-state index < -0.39 is 0 Å². The Kier molecular flexibility index (Phi) is 3.03. The van der Waals surface area contributed by atoms with Crippen molar-refractivity contribution in [2.24, 2.45) is 0 Å². The third kappa shape index (κ3) is 2.12. The standard InChI is InChI=1S/C15H14O3S/c1-9-7-11-8-10(3-4-12(11)18-9)14(16)15-13(17-2)5-6-19-15/h3-6,8-9H,7H2,1-2H3. The van der Waals surface area contributed by atoms with Crippen LogP contribution in [0.1, 0.15) is 27.7 Å². The first kappa shape index (κ1) is 12.2. The van der Waals surface area contributed by atoms with Gasteiger partial charge in [0.15, 0.2) is 0 Å². The molecule has 1 unspecified atom stereocenters. The van der Waals surface area contributed by atoms with Crippen LogP contribution in [-0.2, 0) is 6.42 Å². The maximum Gasteiger partial charge on any atom is 0.206 e. The third-order valence-electron chi connectivity index (χ3n) is 3.21. The van der Waals surface area contributed by atoms with Gasteiger partial charge < -0.3 is 9.47 Å². The van der Waals surface area contributed by atoms with Gasteiger partial charge in [-0.3, -0.25) is 4.79 Å². The van der Waals surface area contributed by atoms with E-state index in [4.69, 9.17) is 9.47 Å². The molecular formula is C15H14O3S. The molecule has 4 heteroatoms. The van der Waals surface area contributed by atoms with Crippen molar-refractivity contribution in [3.05, 3.63) is 45.6 Å². The number of hydrogen-bond acceptors (Lipinski definition) is 4. The molecule has 1 aromatic heterocycles. The van der Waals surface area contributed by atoms with Crippen LogP contribution in [0.2, 0.25) is 0 Å². The zero-order chi connectivity index (χ0) is 13.4. The zero-order valence-electron chi connectivity index (χ0n) is 10.8. The van der Waals surface area contributed by atoms with Crippen LogP contribution >= 0.6 is 11.3 Å². The first-order valence-corrected chi connectivity index (χ1v) is 7.02. The predicted octanol–water partition coefficient (Wildman–Crippen LogP) is 3.31. The predicted molar refractivity (Wildman–Crippen MR) is 74.5 cm³/mol. The number of rotatable bonds is 3. The molecule has 0 fully saturated rings. The smallest absolute Gasteiger partial charge is 0.206 e. The Bertz CT molecular complexity index is 630. The fourth-order valence-electron chi connectivity index (χ4n) is 2.32. The Labute approximate surface area is 115 Å². The first-order valence-electron chi connectivity index (χ1n) is 6.15. The summed E-state index contributed by atoms with van der Waals surface area (Å²) in [6.45, 7) is 2.03. The quantitative estimate of drug-likeness (QED) is 0.805. The molecule has 0 N–H and O–H groups in total. The van der Waals surface area contributed by atoms with Gasteiger partial charge in [-0.15, -0.1) is 11.3 Å². The maximum absolute atomic E-state index is 12.5. The van der Waals surface area contributed by atoms with Gasteiger partial charge in [0, 0.05) is 12.0 Å². The van der Waals surface area contributed by atoms with Gasteiger partial charge in [0.1, 0.15) is 22.5 Å². The second-order valence-corrected chi connectivity index (χ2v) is 5.52. The van der Waals surface area contributed by atoms with E-state index in [0.29, 0.717) is 16.2 Å². The summed E-state index contributed by atoms with van der Waals surface area (Å²) in [5, 5.41) is 1.87. The lowest BCUT2D eigenvalue weighted by Gasteiger charge is -2.04. The van der Waals surface area contributed by atoms with Crippen LogP contribution in [0, 0.1) is 0 Å². The summed E-state index contributed by atoms with van der Waals surface area (Å²) in [6, 6.07) is 7.45. The van der Waals surface area contributed by atoms with Crippen LogP contribution in [-0.4, -0.2) is 19.0 Å². The summed E-state index contributed by atoms with van der Waals surface area (Å²) in [4.78, 5) is 13.1. The lowest BCUT2D eigenvalue weighted by Crippen LogP contribution is -2.05. The molecule has 98 valence electrons. The molecule has 2 aromatic rings. The molecule has 1 aliphatic heterocycles. The minimum absolute atomic E-state index is 0.00852. The van der Waals surface area contributed by atoms with E-state index in [0.717, 1.165) is 17.7 Å². The van der Waals surface area contributed by atoms with Gasteiger partial charge in [-0.25, -0.2) is 0 Å². The lowest BCUT2D eigenvalue weighted by atomic mass is 10.0. The number of carbonyl (C=O) groups is 1. The Balaban J connectivity index is 1.95. The second kappa shape index (κ2) is 4.70. The van der Waals surface area contributed by atoms with Crippen molar-refractivity contribution in [2.75, 3.05) is 7.11 Å². The highest BCUT2D eigenvalue weighted by molar-refractivity contribution is 7.12. The van der Waals surface area contributed by atoms with Gasteiger partial charge in [0.05, 0.1) is 7.11 Å². The van der Waals surface area contributed by atoms with E-state index in [1.807, 2.05) is 36.6 Å². The second-order valence-electron chi connectivity index (χ2n) is 4.60. The topological polar surface area (TPSA) is 35.5 Å². The summed E-state index contributed by atoms with van der Waals surface area (Å²) in [5.74, 6) is 1.54. The Morgan fingerprint density at radius 2 is 2.26 bits per heavy atom. The van der Waals surface area contributed by atoms with Crippen molar-refractivity contribution in [3.63, 3.8) is 0 Å². The van der Waals surface area contributed by atoms with Crippen LogP contribution in [0.4, 0.5) is 0 Å². The number of thiophene rings is 1. The summed E-state index contributed by atoms with van der Waals surface area (Å²) >= 11 is 1.41. The maximum atomic E-state index is 12.5. The largest absolute Gasteiger partial charge is 0.495 e. The highest BCUT2D eigenvalue weighted by Gasteiger charge is 2.22. The van der Waals surface area contributed by atoms with Crippen molar-refractivity contribution in [1.82, 2.24) is 0 Å². The first-order chi connectivity index (χ1) is 9.19. The zero-order valence-corrected chi connectivity index (χ0v) is 11.6. The minimum atomic E-state index is 0.00852. The van der Waals surface area contributed by atoms with Crippen molar-refractivity contribution in [3.8, 4) is 11.5 Å². The number of fused-ring (bicyclic) bond motifs is 1. The number of benzene rings is 1. The molecule has 19 heavy (non-hydrogen) atoms. The number of ketones is 1. The van der Waals surface area contributed by atoms with Crippen LogP contribution in [0.25, 0.3) is 0 Å². The number of methoxy groups -OCH3 is 1. The molecule has 0 amide bonds. The van der Waals surface area contributed by atoms with Crippen molar-refractivity contribution in [2.45, 2.75) is 19.4 Å². The SMILES string of the molecule is COc1ccsc1C(=O)c1ccc2c(c1)CC(C)O2. The minimum Gasteiger partial charge on any atom is -0.495 e. The van der Waals surface area contributed by atoms with Crippen molar-refractivity contribution < 1.29 is 14.3 Å². The van der Waals surface area contributed by atoms with Crippen LogP contribution in [0.5, 0.6) is 11.5 Å². The summed E-state index contributed by atoms with van der Waals surface area (Å²) in [6.07, 6.45) is 1.05. The van der Waals surface area contributed by atoms with E-state index in [1.165, 1.54) is 11.3 Å². The van der Waals surface area contributed by atoms with Crippen LogP contribution in [0.3, 0.4) is 0 Å². The molecule has 0 spiro atoms. The third-order valence-corrected chi connectivity index (χ3v) is 4.11. The molecule has 0 radical (unpaired) electrons. The molecule has 0 saturated carbocycles. The molecule has 3 rings (SSSR count). The van der Waals surface area contributed by atoms with Crippen LogP contribution in [0.15, 0.2) is 29.6 Å². The monoisotopic (exact) mass is 274 g/mol. The number of carbonyl (C=O) groups excluding carboxylic acids is 1. The van der Waals surface area contributed by atoms with Gasteiger partial charge in [0.25, 0.3) is 0 Å². The van der Waals surface area contributed by atoms with Gasteiger partial charge in [-0.1, -0.05) is 0 Å². The number of hydrogen-bond donors (Lipinski definition) is 0. The normalized spacial score (nSPS) is 16.8. The van der Waals surface area contributed by atoms with E-state index in [9.17, 15) is 4.79 Å². The van der Waals surface area contributed by atoms with Crippen molar-refractivity contribution >= 4 is 17.1 Å². The fourth-order valence-corrected chi connectivity index (χ4v) is 3.14. The van der Waals surface area contributed by atoms with E-state index in [2.05, 4.69) is 0 Å². The summed E-state index contributed by atoms with van der Waals surface area (Å²) < 4.78 is 10.8. The van der Waals surface area contributed by atoms with Crippen LogP contribution < -0.4 is 9.47 Å². The van der Waals surface area contributed by atoms with Crippen molar-refractivity contribution in [1.29, 1.82) is 0 Å². The van der Waals surface area contributed by atoms with Gasteiger partial charge >= 0.3 is 0 Å². The van der Waals surface area contributed by atoms with Gasteiger partial charge in [0.2, 0.25) is 5.78 Å². The molecule has 0 saturated heterocycles. The summed E-state index contributed by atoms with van der Waals surface area (Å²) in [7, 11) is 1.58. The van der Waals surface area contributed by atoms with E-state index in [-0.39, 0.29) is 11.9 Å². The lowest BCUT2D eigenvalue weighted by molar-refractivity contribution is 0.104. The highest BCUT2D eigenvalue weighted by Crippen LogP contribution is 2.32. The Morgan fingerprint density at radius 3 is 3.05 bits per heavy atom. The highest BCUT2D eigenvalue weighted by atomic mass is 32.1. The molecule has 0 bridgehead atoms. The fraction of sp³-hybridized carbons (Fsp3) is 0.267. The van der Waals surface area contributed by atoms with E-state index in [1.54, 1.807) is 7.11 Å². The van der Waals surface area contributed by atoms with Gasteiger partial charge in [-0.05, 0) is 42.1 Å². The van der Waals surface area contributed by atoms with E-state index >= 15 is 0 Å².